The van der Waals surface area contributed by atoms with Crippen LogP contribution in [0, 0.1) is 5.92 Å². The molecule has 0 aliphatic carbocycles. The first-order valence-electron chi connectivity index (χ1n) is 5.97. The van der Waals surface area contributed by atoms with Crippen molar-refractivity contribution in [1.82, 2.24) is 4.98 Å². The summed E-state index contributed by atoms with van der Waals surface area (Å²) in [5.41, 5.74) is 7.30. The molecule has 1 rings (SSSR count). The molecule has 0 aliphatic rings. The Morgan fingerprint density at radius 1 is 1.25 bits per heavy atom. The molecule has 0 radical (unpaired) electrons. The van der Waals surface area contributed by atoms with Gasteiger partial charge in [0.05, 0.1) is 10.7 Å². The minimum Gasteiger partial charge on any atom is -0.323 e. The van der Waals surface area contributed by atoms with Crippen LogP contribution in [-0.2, 0) is 11.8 Å². The van der Waals surface area contributed by atoms with Gasteiger partial charge in [0, 0.05) is 22.8 Å². The second-order valence-corrected chi connectivity index (χ2v) is 7.07. The predicted octanol–water partition coefficient (Wildman–Crippen LogP) is 3.66. The zero-order valence-electron chi connectivity index (χ0n) is 11.3. The third-order valence-corrected chi connectivity index (χ3v) is 3.68. The summed E-state index contributed by atoms with van der Waals surface area (Å²) in [7, 11) is 0. The van der Waals surface area contributed by atoms with Crippen molar-refractivity contribution in [2.45, 2.75) is 59.4 Å². The first kappa shape index (κ1) is 13.7. The highest BCUT2D eigenvalue weighted by Gasteiger charge is 2.24. The van der Waals surface area contributed by atoms with Gasteiger partial charge in [-0.1, -0.05) is 34.6 Å². The second-order valence-electron chi connectivity index (χ2n) is 5.96. The molecular formula is C13H24N2S. The number of rotatable bonds is 3. The van der Waals surface area contributed by atoms with E-state index in [0.717, 1.165) is 6.42 Å². The molecule has 0 aliphatic heterocycles. The van der Waals surface area contributed by atoms with Crippen molar-refractivity contribution in [3.05, 3.63) is 15.6 Å². The van der Waals surface area contributed by atoms with Gasteiger partial charge in [0.1, 0.15) is 0 Å². The van der Waals surface area contributed by atoms with Gasteiger partial charge < -0.3 is 5.73 Å². The monoisotopic (exact) mass is 240 g/mol. The van der Waals surface area contributed by atoms with E-state index in [0.29, 0.717) is 5.92 Å². The summed E-state index contributed by atoms with van der Waals surface area (Å²) in [6, 6.07) is 0.0904. The molecule has 2 N–H and O–H groups in total. The van der Waals surface area contributed by atoms with E-state index in [1.807, 2.05) is 6.92 Å². The minimum absolute atomic E-state index is 0.0904. The topological polar surface area (TPSA) is 38.9 Å². The molecule has 2 nitrogen and oxygen atoms in total. The van der Waals surface area contributed by atoms with E-state index >= 15 is 0 Å². The Hall–Kier alpha value is -0.410. The number of hydrogen-bond donors (Lipinski definition) is 1. The molecule has 16 heavy (non-hydrogen) atoms. The summed E-state index contributed by atoms with van der Waals surface area (Å²) in [5.74, 6) is 0.653. The van der Waals surface area contributed by atoms with Crippen molar-refractivity contribution in [2.24, 2.45) is 11.7 Å². The molecule has 1 atom stereocenters. The van der Waals surface area contributed by atoms with Crippen LogP contribution >= 0.6 is 11.3 Å². The number of thiazole rings is 1. The van der Waals surface area contributed by atoms with E-state index in [1.54, 1.807) is 11.3 Å². The Morgan fingerprint density at radius 3 is 2.12 bits per heavy atom. The van der Waals surface area contributed by atoms with Crippen molar-refractivity contribution >= 4 is 11.3 Å². The SMILES string of the molecule is CC(C)Cc1nc(C(C)(C)C)c(C(C)N)s1. The van der Waals surface area contributed by atoms with Crippen molar-refractivity contribution < 1.29 is 0 Å². The van der Waals surface area contributed by atoms with Crippen molar-refractivity contribution in [3.8, 4) is 0 Å². The van der Waals surface area contributed by atoms with Crippen LogP contribution in [0.25, 0.3) is 0 Å². The number of nitrogens with two attached hydrogens (primary N) is 1. The van der Waals surface area contributed by atoms with Gasteiger partial charge in [-0.15, -0.1) is 11.3 Å². The Labute approximate surface area is 103 Å². The molecule has 1 aromatic rings. The fourth-order valence-corrected chi connectivity index (χ4v) is 3.10. The van der Waals surface area contributed by atoms with Gasteiger partial charge in [-0.2, -0.15) is 0 Å². The molecule has 0 aromatic carbocycles. The minimum atomic E-state index is 0.0904. The van der Waals surface area contributed by atoms with Gasteiger partial charge in [-0.05, 0) is 12.8 Å². The first-order chi connectivity index (χ1) is 7.21. The lowest BCUT2D eigenvalue weighted by molar-refractivity contribution is 0.554. The lowest BCUT2D eigenvalue weighted by Crippen LogP contribution is -2.17. The van der Waals surface area contributed by atoms with Gasteiger partial charge in [0.25, 0.3) is 0 Å². The Bertz CT molecular complexity index is 345. The molecule has 0 saturated carbocycles. The van der Waals surface area contributed by atoms with Crippen LogP contribution in [0.4, 0.5) is 0 Å². The van der Waals surface area contributed by atoms with Crippen LogP contribution in [0.2, 0.25) is 0 Å². The van der Waals surface area contributed by atoms with Crippen molar-refractivity contribution in [3.63, 3.8) is 0 Å². The maximum absolute atomic E-state index is 6.03. The van der Waals surface area contributed by atoms with Crippen LogP contribution in [0.1, 0.15) is 63.2 Å². The van der Waals surface area contributed by atoms with E-state index in [4.69, 9.17) is 10.7 Å². The third kappa shape index (κ3) is 3.29. The van der Waals surface area contributed by atoms with E-state index in [1.165, 1.54) is 15.6 Å². The normalized spacial score (nSPS) is 14.5. The predicted molar refractivity (Wildman–Crippen MR) is 72.0 cm³/mol. The Morgan fingerprint density at radius 2 is 1.81 bits per heavy atom. The number of aromatic nitrogens is 1. The fourth-order valence-electron chi connectivity index (χ4n) is 1.66. The average Bonchev–Trinajstić information content (AvgIpc) is 2.45. The zero-order valence-corrected chi connectivity index (χ0v) is 12.1. The first-order valence-corrected chi connectivity index (χ1v) is 6.79. The summed E-state index contributed by atoms with van der Waals surface area (Å²) in [6.07, 6.45) is 1.06. The summed E-state index contributed by atoms with van der Waals surface area (Å²) in [4.78, 5) is 6.03. The molecule has 1 unspecified atom stereocenters. The molecule has 0 bridgehead atoms. The van der Waals surface area contributed by atoms with E-state index in [-0.39, 0.29) is 11.5 Å². The molecule has 0 amide bonds. The third-order valence-electron chi connectivity index (χ3n) is 2.40. The number of nitrogens with zero attached hydrogens (tertiary/aromatic N) is 1. The molecule has 0 spiro atoms. The smallest absolute Gasteiger partial charge is 0.0934 e. The largest absolute Gasteiger partial charge is 0.323 e. The van der Waals surface area contributed by atoms with Gasteiger partial charge in [0.15, 0.2) is 0 Å². The van der Waals surface area contributed by atoms with Crippen LogP contribution in [-0.4, -0.2) is 4.98 Å². The summed E-state index contributed by atoms with van der Waals surface area (Å²) in [6.45, 7) is 13.1. The molecule has 0 fully saturated rings. The van der Waals surface area contributed by atoms with E-state index in [9.17, 15) is 0 Å². The van der Waals surface area contributed by atoms with Gasteiger partial charge in [-0.3, -0.25) is 0 Å². The maximum atomic E-state index is 6.03. The van der Waals surface area contributed by atoms with Crippen LogP contribution in [0.5, 0.6) is 0 Å². The average molecular weight is 240 g/mol. The highest BCUT2D eigenvalue weighted by atomic mass is 32.1. The molecule has 1 aromatic heterocycles. The summed E-state index contributed by atoms with van der Waals surface area (Å²) < 4.78 is 0. The van der Waals surface area contributed by atoms with Crippen LogP contribution in [0.3, 0.4) is 0 Å². The number of hydrogen-bond acceptors (Lipinski definition) is 3. The lowest BCUT2D eigenvalue weighted by atomic mass is 9.90. The molecular weight excluding hydrogens is 216 g/mol. The van der Waals surface area contributed by atoms with Gasteiger partial charge in [-0.25, -0.2) is 4.98 Å². The van der Waals surface area contributed by atoms with Crippen LogP contribution in [0.15, 0.2) is 0 Å². The molecule has 92 valence electrons. The molecule has 3 heteroatoms. The lowest BCUT2D eigenvalue weighted by Gasteiger charge is -2.18. The summed E-state index contributed by atoms with van der Waals surface area (Å²) in [5, 5.41) is 1.23. The van der Waals surface area contributed by atoms with Gasteiger partial charge in [0.2, 0.25) is 0 Å². The standard InChI is InChI=1S/C13H24N2S/c1-8(2)7-10-15-12(13(4,5)6)11(16-10)9(3)14/h8-9H,7,14H2,1-6H3. The van der Waals surface area contributed by atoms with Crippen LogP contribution < -0.4 is 5.73 Å². The molecule has 1 heterocycles. The second kappa shape index (κ2) is 4.84. The Balaban J connectivity index is 3.11. The van der Waals surface area contributed by atoms with Crippen molar-refractivity contribution in [2.75, 3.05) is 0 Å². The quantitative estimate of drug-likeness (QED) is 0.875. The van der Waals surface area contributed by atoms with Gasteiger partial charge >= 0.3 is 0 Å². The fraction of sp³-hybridized carbons (Fsp3) is 0.769. The highest BCUT2D eigenvalue weighted by Crippen LogP contribution is 2.33. The maximum Gasteiger partial charge on any atom is 0.0934 e. The van der Waals surface area contributed by atoms with Crippen molar-refractivity contribution in [1.29, 1.82) is 0 Å². The highest BCUT2D eigenvalue weighted by molar-refractivity contribution is 7.11. The molecule has 0 saturated heterocycles. The van der Waals surface area contributed by atoms with E-state index in [2.05, 4.69) is 34.6 Å². The summed E-state index contributed by atoms with van der Waals surface area (Å²) >= 11 is 1.79. The zero-order chi connectivity index (χ0) is 12.5. The Kier molecular flexibility index (Phi) is 4.13. The van der Waals surface area contributed by atoms with E-state index < -0.39 is 0 Å².